The van der Waals surface area contributed by atoms with Crippen molar-refractivity contribution < 1.29 is 0 Å². The van der Waals surface area contributed by atoms with E-state index in [-0.39, 0.29) is 0 Å². The molecular weight excluding hydrogens is 368 g/mol. The summed E-state index contributed by atoms with van der Waals surface area (Å²) in [5.74, 6) is 0.673. The summed E-state index contributed by atoms with van der Waals surface area (Å²) in [4.78, 5) is 0. The summed E-state index contributed by atoms with van der Waals surface area (Å²) in [6, 6.07) is 12.3. The van der Waals surface area contributed by atoms with Crippen molar-refractivity contribution in [3.05, 3.63) is 52.6 Å². The summed E-state index contributed by atoms with van der Waals surface area (Å²) >= 11 is 0. The molecule has 0 amide bonds. The smallest absolute Gasteiger partial charge is 0.0656 e. The van der Waals surface area contributed by atoms with Gasteiger partial charge in [-0.2, -0.15) is 0 Å². The van der Waals surface area contributed by atoms with Crippen LogP contribution in [0.2, 0.25) is 39.3 Å². The van der Waals surface area contributed by atoms with Crippen LogP contribution >= 0.6 is 0 Å². The number of hydrogen-bond acceptors (Lipinski definition) is 0. The molecule has 0 N–H and O–H groups in total. The molecule has 0 heterocycles. The van der Waals surface area contributed by atoms with Gasteiger partial charge in [0, 0.05) is 0 Å². The van der Waals surface area contributed by atoms with E-state index in [0.29, 0.717) is 5.92 Å². The van der Waals surface area contributed by atoms with Crippen molar-refractivity contribution in [2.45, 2.75) is 72.9 Å². The van der Waals surface area contributed by atoms with Crippen molar-refractivity contribution in [2.75, 3.05) is 0 Å². The molecule has 2 aromatic rings. The van der Waals surface area contributed by atoms with Crippen LogP contribution < -0.4 is 10.4 Å². The molecule has 0 nitrogen and oxygen atoms in total. The molecule has 1 atom stereocenters. The van der Waals surface area contributed by atoms with Crippen molar-refractivity contribution in [2.24, 2.45) is 5.92 Å². The minimum Gasteiger partial charge on any atom is -0.0656 e. The Hall–Kier alpha value is -1.39. The monoisotopic (exact) mass is 406 g/mol. The van der Waals surface area contributed by atoms with Crippen LogP contribution in [-0.2, 0) is 6.42 Å². The van der Waals surface area contributed by atoms with E-state index in [1.165, 1.54) is 34.2 Å². The average molecular weight is 407 g/mol. The van der Waals surface area contributed by atoms with E-state index in [2.05, 4.69) is 96.5 Å². The number of rotatable bonds is 5. The zero-order chi connectivity index (χ0) is 20.9. The Balaban J connectivity index is 2.26. The molecule has 1 unspecified atom stereocenters. The second kappa shape index (κ2) is 7.46. The quantitative estimate of drug-likeness (QED) is 0.482. The maximum atomic E-state index is 2.54. The van der Waals surface area contributed by atoms with Crippen LogP contribution in [0.25, 0.3) is 17.2 Å². The lowest BCUT2D eigenvalue weighted by atomic mass is 9.93. The maximum absolute atomic E-state index is 2.54. The van der Waals surface area contributed by atoms with Gasteiger partial charge in [0.15, 0.2) is 0 Å². The summed E-state index contributed by atoms with van der Waals surface area (Å²) in [6.45, 7) is 21.8. The first-order valence-corrected chi connectivity index (χ1v) is 17.9. The number of aryl methyl sites for hydroxylation is 1. The first-order chi connectivity index (χ1) is 12.9. The van der Waals surface area contributed by atoms with Gasteiger partial charge in [0.25, 0.3) is 0 Å². The lowest BCUT2D eigenvalue weighted by Gasteiger charge is -2.25. The summed E-state index contributed by atoms with van der Waals surface area (Å²) in [6.07, 6.45) is 4.87. The fourth-order valence-corrected chi connectivity index (χ4v) is 6.65. The highest BCUT2D eigenvalue weighted by Crippen LogP contribution is 2.38. The Labute approximate surface area is 175 Å². The lowest BCUT2D eigenvalue weighted by molar-refractivity contribution is 0.647. The summed E-state index contributed by atoms with van der Waals surface area (Å²) < 4.78 is 0. The van der Waals surface area contributed by atoms with Crippen molar-refractivity contribution in [3.8, 4) is 11.1 Å². The Bertz CT molecular complexity index is 888. The van der Waals surface area contributed by atoms with Crippen molar-refractivity contribution in [3.63, 3.8) is 0 Å². The second-order valence-corrected chi connectivity index (χ2v) is 21.0. The molecule has 28 heavy (non-hydrogen) atoms. The standard InChI is InChI=1S/C26H38Si2/c1-10-18(2)21-13-20-12-11-19(3)26(25(20)16-21)22-14-23(27(4,5)6)17-24(15-22)28(7,8)9/h11-12,14-18H,10,13H2,1-9H3. The van der Waals surface area contributed by atoms with Gasteiger partial charge in [-0.25, -0.2) is 0 Å². The van der Waals surface area contributed by atoms with Crippen molar-refractivity contribution in [1.82, 2.24) is 0 Å². The summed E-state index contributed by atoms with van der Waals surface area (Å²) in [7, 11) is -2.76. The predicted molar refractivity (Wildman–Crippen MR) is 134 cm³/mol. The van der Waals surface area contributed by atoms with Crippen LogP contribution in [0.4, 0.5) is 0 Å². The molecule has 0 fully saturated rings. The highest BCUT2D eigenvalue weighted by molar-refractivity contribution is 6.91. The molecule has 2 heteroatoms. The van der Waals surface area contributed by atoms with Gasteiger partial charge < -0.3 is 0 Å². The largest absolute Gasteiger partial charge is 0.0776 e. The number of benzene rings is 2. The fourth-order valence-electron chi connectivity index (χ4n) is 4.15. The lowest BCUT2D eigenvalue weighted by Crippen LogP contribution is -2.45. The minimum atomic E-state index is -1.38. The minimum absolute atomic E-state index is 0.673. The van der Waals surface area contributed by atoms with Crippen molar-refractivity contribution in [1.29, 1.82) is 0 Å². The maximum Gasteiger partial charge on any atom is 0.0776 e. The Morgan fingerprint density at radius 2 is 1.46 bits per heavy atom. The van der Waals surface area contributed by atoms with E-state index >= 15 is 0 Å². The van der Waals surface area contributed by atoms with Crippen LogP contribution in [0, 0.1) is 12.8 Å². The van der Waals surface area contributed by atoms with Gasteiger partial charge in [-0.1, -0.05) is 105 Å². The van der Waals surface area contributed by atoms with Gasteiger partial charge in [0.2, 0.25) is 0 Å². The third-order valence-electron chi connectivity index (χ3n) is 6.47. The van der Waals surface area contributed by atoms with Crippen LogP contribution in [-0.4, -0.2) is 16.1 Å². The van der Waals surface area contributed by atoms with Gasteiger partial charge >= 0.3 is 0 Å². The summed E-state index contributed by atoms with van der Waals surface area (Å²) in [5, 5.41) is 3.20. The van der Waals surface area contributed by atoms with Gasteiger partial charge in [0.1, 0.15) is 0 Å². The molecular formula is C26H38Si2. The van der Waals surface area contributed by atoms with Gasteiger partial charge in [0.05, 0.1) is 16.1 Å². The Morgan fingerprint density at radius 3 is 1.96 bits per heavy atom. The zero-order valence-corrected chi connectivity index (χ0v) is 21.5. The van der Waals surface area contributed by atoms with Gasteiger partial charge in [-0.3, -0.25) is 0 Å². The topological polar surface area (TPSA) is 0 Å². The molecule has 0 radical (unpaired) electrons. The van der Waals surface area contributed by atoms with E-state index in [1.807, 2.05) is 0 Å². The molecule has 150 valence electrons. The van der Waals surface area contributed by atoms with E-state index < -0.39 is 16.1 Å². The molecule has 0 aliphatic heterocycles. The van der Waals surface area contributed by atoms with Gasteiger partial charge in [-0.15, -0.1) is 0 Å². The molecule has 1 aliphatic carbocycles. The SMILES string of the molecule is CCC(C)C1=Cc2c(ccc(C)c2-c2cc([Si](C)(C)C)cc([Si](C)(C)C)c2)C1. The first kappa shape index (κ1) is 21.3. The zero-order valence-electron chi connectivity index (χ0n) is 19.5. The highest BCUT2D eigenvalue weighted by atomic mass is 28.3. The normalized spacial score (nSPS) is 15.4. The molecule has 1 aliphatic rings. The van der Waals surface area contributed by atoms with E-state index in [9.17, 15) is 0 Å². The Morgan fingerprint density at radius 1 is 0.893 bits per heavy atom. The highest BCUT2D eigenvalue weighted by Gasteiger charge is 2.26. The molecule has 0 saturated heterocycles. The van der Waals surface area contributed by atoms with E-state index in [0.717, 1.165) is 6.42 Å². The first-order valence-electron chi connectivity index (χ1n) is 10.9. The Kier molecular flexibility index (Phi) is 5.68. The summed E-state index contributed by atoms with van der Waals surface area (Å²) in [5.41, 5.74) is 8.96. The molecule has 0 spiro atoms. The molecule has 0 aromatic heterocycles. The average Bonchev–Trinajstić information content (AvgIpc) is 3.03. The third kappa shape index (κ3) is 4.13. The second-order valence-electron chi connectivity index (χ2n) is 10.8. The number of hydrogen-bond donors (Lipinski definition) is 0. The molecule has 0 bridgehead atoms. The number of fused-ring (bicyclic) bond motifs is 1. The van der Waals surface area contributed by atoms with E-state index in [1.54, 1.807) is 15.9 Å². The van der Waals surface area contributed by atoms with Crippen LogP contribution in [0.5, 0.6) is 0 Å². The molecule has 0 saturated carbocycles. The molecule has 3 rings (SSSR count). The predicted octanol–water partition coefficient (Wildman–Crippen LogP) is 6.74. The van der Waals surface area contributed by atoms with Gasteiger partial charge in [-0.05, 0) is 53.5 Å². The molecule has 2 aromatic carbocycles. The van der Waals surface area contributed by atoms with Crippen LogP contribution in [0.15, 0.2) is 35.9 Å². The number of allylic oxidation sites excluding steroid dienone is 1. The fraction of sp³-hybridized carbons (Fsp3) is 0.462. The van der Waals surface area contributed by atoms with Crippen molar-refractivity contribution >= 4 is 32.6 Å². The van der Waals surface area contributed by atoms with E-state index in [4.69, 9.17) is 0 Å². The third-order valence-corrected chi connectivity index (χ3v) is 10.5. The van der Waals surface area contributed by atoms with Crippen LogP contribution in [0.1, 0.15) is 37.0 Å². The van der Waals surface area contributed by atoms with Crippen LogP contribution in [0.3, 0.4) is 0 Å².